The fraction of sp³-hybridized carbons (Fsp3) is 0.682. The Morgan fingerprint density at radius 2 is 2.00 bits per heavy atom. The number of piperidine rings is 1. The van der Waals surface area contributed by atoms with Gasteiger partial charge in [0.2, 0.25) is 0 Å². The predicted molar refractivity (Wildman–Crippen MR) is 114 cm³/mol. The van der Waals surface area contributed by atoms with E-state index in [0.29, 0.717) is 73.9 Å². The van der Waals surface area contributed by atoms with Crippen molar-refractivity contribution in [2.45, 2.75) is 62.3 Å². The van der Waals surface area contributed by atoms with E-state index in [2.05, 4.69) is 10.00 Å². The fourth-order valence-electron chi connectivity index (χ4n) is 4.91. The molecule has 0 amide bonds. The van der Waals surface area contributed by atoms with Crippen LogP contribution in [0.5, 0.6) is 0 Å². The van der Waals surface area contributed by atoms with Gasteiger partial charge in [-0.05, 0) is 31.7 Å². The van der Waals surface area contributed by atoms with Crippen LogP contribution in [0.25, 0.3) is 0 Å². The number of alkyl halides is 3. The monoisotopic (exact) mass is 487 g/mol. The molecule has 7 nitrogen and oxygen atoms in total. The van der Waals surface area contributed by atoms with E-state index < -0.39 is 28.4 Å². The zero-order chi connectivity index (χ0) is 23.3. The number of ether oxygens (including phenoxy) is 2. The summed E-state index contributed by atoms with van der Waals surface area (Å²) in [6, 6.07) is 1.09. The van der Waals surface area contributed by atoms with E-state index >= 15 is 0 Å². The van der Waals surface area contributed by atoms with E-state index in [1.54, 1.807) is 0 Å². The first-order valence-corrected chi connectivity index (χ1v) is 12.0. The Kier molecular flexibility index (Phi) is 6.07. The van der Waals surface area contributed by atoms with Crippen LogP contribution in [0.15, 0.2) is 18.5 Å². The second-order valence-electron chi connectivity index (χ2n) is 9.42. The van der Waals surface area contributed by atoms with Crippen LogP contribution in [0, 0.1) is 0 Å². The number of aryl methyl sites for hydroxylation is 1. The Bertz CT molecular complexity index is 980. The SMILES string of the molecule is O[C@@H]1COC2(CCN(Cc3cnn(CCCC4(O)COC4)c3)CC2)c2sc(C(F)(F)F)cc21. The molecule has 0 aliphatic carbocycles. The molecule has 0 bridgehead atoms. The Balaban J connectivity index is 1.18. The number of hydrogen-bond acceptors (Lipinski definition) is 7. The van der Waals surface area contributed by atoms with Gasteiger partial charge in [0, 0.05) is 48.4 Å². The Morgan fingerprint density at radius 3 is 2.67 bits per heavy atom. The molecule has 11 heteroatoms. The third kappa shape index (κ3) is 4.71. The molecule has 0 radical (unpaired) electrons. The van der Waals surface area contributed by atoms with Crippen molar-refractivity contribution in [3.63, 3.8) is 0 Å². The molecule has 33 heavy (non-hydrogen) atoms. The summed E-state index contributed by atoms with van der Waals surface area (Å²) in [5.41, 5.74) is 0.00837. The van der Waals surface area contributed by atoms with Gasteiger partial charge in [-0.2, -0.15) is 18.3 Å². The topological polar surface area (TPSA) is 80.0 Å². The summed E-state index contributed by atoms with van der Waals surface area (Å²) in [4.78, 5) is 2.11. The molecule has 0 saturated carbocycles. The molecule has 5 rings (SSSR count). The van der Waals surface area contributed by atoms with Crippen molar-refractivity contribution in [2.24, 2.45) is 0 Å². The fourth-order valence-corrected chi connectivity index (χ4v) is 6.19. The number of rotatable bonds is 6. The van der Waals surface area contributed by atoms with Gasteiger partial charge in [0.25, 0.3) is 0 Å². The zero-order valence-corrected chi connectivity index (χ0v) is 19.0. The van der Waals surface area contributed by atoms with E-state index in [1.807, 2.05) is 17.1 Å². The number of thiophene rings is 1. The number of aromatic nitrogens is 2. The number of nitrogens with zero attached hydrogens (tertiary/aromatic N) is 3. The van der Waals surface area contributed by atoms with Crippen LogP contribution >= 0.6 is 11.3 Å². The smallest absolute Gasteiger partial charge is 0.386 e. The van der Waals surface area contributed by atoms with Gasteiger partial charge in [-0.15, -0.1) is 11.3 Å². The summed E-state index contributed by atoms with van der Waals surface area (Å²) in [6.45, 7) is 3.64. The van der Waals surface area contributed by atoms with Crippen LogP contribution in [0.1, 0.15) is 52.7 Å². The molecule has 3 aliphatic heterocycles. The van der Waals surface area contributed by atoms with E-state index in [4.69, 9.17) is 9.47 Å². The quantitative estimate of drug-likeness (QED) is 0.652. The Labute approximate surface area is 193 Å². The Morgan fingerprint density at radius 1 is 1.24 bits per heavy atom. The average Bonchev–Trinajstić information content (AvgIpc) is 3.39. The lowest BCUT2D eigenvalue weighted by Gasteiger charge is -2.44. The van der Waals surface area contributed by atoms with Crippen molar-refractivity contribution in [1.82, 2.24) is 14.7 Å². The maximum Gasteiger partial charge on any atom is 0.425 e. The highest BCUT2D eigenvalue weighted by molar-refractivity contribution is 7.12. The molecule has 1 spiro atoms. The predicted octanol–water partition coefficient (Wildman–Crippen LogP) is 3.06. The second kappa shape index (κ2) is 8.62. The first kappa shape index (κ1) is 23.3. The molecule has 182 valence electrons. The molecule has 2 fully saturated rings. The van der Waals surface area contributed by atoms with Crippen LogP contribution in [-0.4, -0.2) is 63.4 Å². The van der Waals surface area contributed by atoms with E-state index in [0.717, 1.165) is 24.6 Å². The molecule has 0 unspecified atom stereocenters. The van der Waals surface area contributed by atoms with Crippen LogP contribution < -0.4 is 0 Å². The van der Waals surface area contributed by atoms with Gasteiger partial charge in [-0.1, -0.05) is 0 Å². The first-order valence-electron chi connectivity index (χ1n) is 11.2. The largest absolute Gasteiger partial charge is 0.425 e. The van der Waals surface area contributed by atoms with Gasteiger partial charge in [0.1, 0.15) is 22.2 Å². The molecule has 2 aromatic rings. The average molecular weight is 488 g/mol. The van der Waals surface area contributed by atoms with Crippen molar-refractivity contribution in [2.75, 3.05) is 32.9 Å². The highest BCUT2D eigenvalue weighted by Gasteiger charge is 2.47. The van der Waals surface area contributed by atoms with Gasteiger partial charge in [-0.25, -0.2) is 0 Å². The summed E-state index contributed by atoms with van der Waals surface area (Å²) >= 11 is 0.707. The molecule has 2 N–H and O–H groups in total. The lowest BCUT2D eigenvalue weighted by atomic mass is 9.84. The van der Waals surface area contributed by atoms with Crippen molar-refractivity contribution in [3.05, 3.63) is 39.3 Å². The second-order valence-corrected chi connectivity index (χ2v) is 10.5. The standard InChI is InChI=1S/C22H28F3N3O4S/c23-22(24,25)18-8-16-17(29)12-32-21(19(16)33-18)3-6-27(7-4-21)10-15-9-26-28(11-15)5-1-2-20(30)13-31-14-20/h8-9,11,17,29-30H,1-7,10,12-14H2/t17-/m1/s1. The lowest BCUT2D eigenvalue weighted by molar-refractivity contribution is -0.182. The minimum absolute atomic E-state index is 0.0229. The van der Waals surface area contributed by atoms with Crippen LogP contribution in [0.4, 0.5) is 13.2 Å². The number of halogens is 3. The highest BCUT2D eigenvalue weighted by atomic mass is 32.1. The summed E-state index contributed by atoms with van der Waals surface area (Å²) in [5.74, 6) is 0. The van der Waals surface area contributed by atoms with Crippen LogP contribution in [0.2, 0.25) is 0 Å². The normalized spacial score (nSPS) is 24.6. The number of aliphatic hydroxyl groups is 2. The molecule has 5 heterocycles. The van der Waals surface area contributed by atoms with Crippen molar-refractivity contribution >= 4 is 11.3 Å². The van der Waals surface area contributed by atoms with Crippen LogP contribution in [-0.2, 0) is 34.3 Å². The maximum absolute atomic E-state index is 13.3. The maximum atomic E-state index is 13.3. The molecule has 3 aliphatic rings. The number of hydrogen-bond donors (Lipinski definition) is 2. The molecule has 2 aromatic heterocycles. The van der Waals surface area contributed by atoms with Gasteiger partial charge < -0.3 is 19.7 Å². The summed E-state index contributed by atoms with van der Waals surface area (Å²) in [6.07, 6.45) is 1.08. The van der Waals surface area contributed by atoms with Crippen molar-refractivity contribution < 1.29 is 32.9 Å². The van der Waals surface area contributed by atoms with Gasteiger partial charge in [-0.3, -0.25) is 9.58 Å². The minimum atomic E-state index is -4.42. The summed E-state index contributed by atoms with van der Waals surface area (Å²) in [7, 11) is 0. The van der Waals surface area contributed by atoms with E-state index in [-0.39, 0.29) is 6.61 Å². The molecular weight excluding hydrogens is 459 g/mol. The summed E-state index contributed by atoms with van der Waals surface area (Å²) in [5, 5.41) is 24.7. The van der Waals surface area contributed by atoms with E-state index in [1.165, 1.54) is 0 Å². The number of fused-ring (bicyclic) bond motifs is 2. The minimum Gasteiger partial charge on any atom is -0.386 e. The number of likely N-dealkylation sites (tertiary alicyclic amines) is 1. The molecule has 1 atom stereocenters. The molecule has 0 aromatic carbocycles. The van der Waals surface area contributed by atoms with Crippen LogP contribution in [0.3, 0.4) is 0 Å². The lowest BCUT2D eigenvalue weighted by Crippen LogP contribution is -2.49. The number of aliphatic hydroxyl groups excluding tert-OH is 1. The molecular formula is C22H28F3N3O4S. The third-order valence-electron chi connectivity index (χ3n) is 6.86. The van der Waals surface area contributed by atoms with Gasteiger partial charge in [0.05, 0.1) is 26.0 Å². The van der Waals surface area contributed by atoms with Gasteiger partial charge in [0.15, 0.2) is 0 Å². The van der Waals surface area contributed by atoms with Gasteiger partial charge >= 0.3 is 6.18 Å². The Hall–Kier alpha value is -1.50. The van der Waals surface area contributed by atoms with E-state index in [9.17, 15) is 23.4 Å². The zero-order valence-electron chi connectivity index (χ0n) is 18.2. The van der Waals surface area contributed by atoms with Crippen molar-refractivity contribution in [1.29, 1.82) is 0 Å². The molecule has 2 saturated heterocycles. The third-order valence-corrected chi connectivity index (χ3v) is 8.24. The van der Waals surface area contributed by atoms with Crippen molar-refractivity contribution in [3.8, 4) is 0 Å². The summed E-state index contributed by atoms with van der Waals surface area (Å²) < 4.78 is 52.7. The highest BCUT2D eigenvalue weighted by Crippen LogP contribution is 2.50. The first-order chi connectivity index (χ1) is 15.7.